The van der Waals surface area contributed by atoms with Crippen LogP contribution in [0.3, 0.4) is 0 Å². The minimum Gasteiger partial charge on any atom is -0.288 e. The van der Waals surface area contributed by atoms with Crippen molar-refractivity contribution in [3.8, 4) is 5.82 Å². The Morgan fingerprint density at radius 1 is 1.14 bits per heavy atom. The van der Waals surface area contributed by atoms with Crippen LogP contribution in [0, 0.1) is 13.8 Å². The molecule has 0 aliphatic carbocycles. The molecule has 114 valence electrons. The lowest BCUT2D eigenvalue weighted by molar-refractivity contribution is 0.603. The Labute approximate surface area is 132 Å². The number of anilines is 1. The van der Waals surface area contributed by atoms with E-state index in [2.05, 4.69) is 14.7 Å². The number of aryl methyl sites for hydroxylation is 2. The molecule has 3 aromatic rings. The molecule has 0 atom stereocenters. The Balaban J connectivity index is 1.84. The summed E-state index contributed by atoms with van der Waals surface area (Å²) in [4.78, 5) is 9.34. The van der Waals surface area contributed by atoms with Gasteiger partial charge in [0.15, 0.2) is 0 Å². The topological polar surface area (TPSA) is 76.9 Å². The van der Waals surface area contributed by atoms with Crippen LogP contribution in [0.1, 0.15) is 10.7 Å². The van der Waals surface area contributed by atoms with Gasteiger partial charge in [0.05, 0.1) is 11.9 Å². The van der Waals surface area contributed by atoms with Crippen LogP contribution in [0.15, 0.2) is 47.1 Å². The number of aromatic nitrogens is 3. The molecular formula is C14H14N4O2S2. The van der Waals surface area contributed by atoms with Crippen molar-refractivity contribution < 1.29 is 8.42 Å². The number of nitrogens with one attached hydrogen (secondary N) is 1. The van der Waals surface area contributed by atoms with Crippen molar-refractivity contribution in [1.29, 1.82) is 0 Å². The van der Waals surface area contributed by atoms with Gasteiger partial charge in [0, 0.05) is 17.3 Å². The Morgan fingerprint density at radius 3 is 2.50 bits per heavy atom. The number of nitrogens with zero attached hydrogens (tertiary/aromatic N) is 3. The summed E-state index contributed by atoms with van der Waals surface area (Å²) in [7, 11) is -3.56. The Hall–Kier alpha value is -2.19. The largest absolute Gasteiger partial charge is 0.288 e. The van der Waals surface area contributed by atoms with E-state index >= 15 is 0 Å². The number of hydrogen-bond acceptors (Lipinski definition) is 5. The Morgan fingerprint density at radius 2 is 1.95 bits per heavy atom. The van der Waals surface area contributed by atoms with Gasteiger partial charge < -0.3 is 0 Å². The Bertz CT molecular complexity index is 895. The zero-order valence-electron chi connectivity index (χ0n) is 12.0. The minimum atomic E-state index is -3.56. The monoisotopic (exact) mass is 334 g/mol. The van der Waals surface area contributed by atoms with Gasteiger partial charge in [0.2, 0.25) is 0 Å². The molecule has 0 aliphatic heterocycles. The molecule has 3 rings (SSSR count). The van der Waals surface area contributed by atoms with E-state index in [1.807, 2.05) is 18.4 Å². The second-order valence-corrected chi connectivity index (χ2v) is 7.92. The van der Waals surface area contributed by atoms with Crippen molar-refractivity contribution in [3.63, 3.8) is 0 Å². The van der Waals surface area contributed by atoms with E-state index in [4.69, 9.17) is 0 Å². The van der Waals surface area contributed by atoms with E-state index in [-0.39, 0.29) is 0 Å². The smallest absolute Gasteiger partial charge is 0.271 e. The van der Waals surface area contributed by atoms with Gasteiger partial charge in [-0.2, -0.15) is 0 Å². The van der Waals surface area contributed by atoms with Crippen molar-refractivity contribution in [2.24, 2.45) is 0 Å². The summed E-state index contributed by atoms with van der Waals surface area (Å²) in [6, 6.07) is 6.80. The highest BCUT2D eigenvalue weighted by atomic mass is 32.2. The molecule has 0 fully saturated rings. The van der Waals surface area contributed by atoms with Crippen LogP contribution in [-0.2, 0) is 10.0 Å². The van der Waals surface area contributed by atoms with E-state index in [0.29, 0.717) is 15.7 Å². The molecule has 3 aromatic heterocycles. The fourth-order valence-corrected chi connectivity index (χ4v) is 4.30. The lowest BCUT2D eigenvalue weighted by Gasteiger charge is -2.08. The summed E-state index contributed by atoms with van der Waals surface area (Å²) in [6.45, 7) is 3.74. The molecular weight excluding hydrogens is 320 g/mol. The quantitative estimate of drug-likeness (QED) is 0.796. The average Bonchev–Trinajstić information content (AvgIpc) is 3.08. The van der Waals surface area contributed by atoms with Crippen molar-refractivity contribution in [2.75, 3.05) is 4.72 Å². The first-order chi connectivity index (χ1) is 10.5. The summed E-state index contributed by atoms with van der Waals surface area (Å²) in [5, 5.41) is 0. The van der Waals surface area contributed by atoms with E-state index in [9.17, 15) is 8.42 Å². The zero-order valence-corrected chi connectivity index (χ0v) is 13.6. The SMILES string of the molecule is Cc1ccc(S(=O)(=O)Nc2ccc(-n3ccnc3C)nc2)s1. The molecule has 0 bridgehead atoms. The van der Waals surface area contributed by atoms with Gasteiger partial charge in [-0.05, 0) is 38.1 Å². The maximum Gasteiger partial charge on any atom is 0.271 e. The third-order valence-electron chi connectivity index (χ3n) is 3.05. The fourth-order valence-electron chi connectivity index (χ4n) is 1.97. The van der Waals surface area contributed by atoms with Crippen molar-refractivity contribution >= 4 is 27.0 Å². The average molecular weight is 334 g/mol. The van der Waals surface area contributed by atoms with Gasteiger partial charge >= 0.3 is 0 Å². The van der Waals surface area contributed by atoms with Gasteiger partial charge in [0.1, 0.15) is 15.9 Å². The molecule has 0 aliphatic rings. The van der Waals surface area contributed by atoms with Gasteiger partial charge in [0.25, 0.3) is 10.0 Å². The molecule has 0 amide bonds. The molecule has 6 nitrogen and oxygen atoms in total. The van der Waals surface area contributed by atoms with Crippen LogP contribution in [0.5, 0.6) is 0 Å². The number of pyridine rings is 1. The summed E-state index contributed by atoms with van der Waals surface area (Å²) < 4.78 is 29.1. The summed E-state index contributed by atoms with van der Waals surface area (Å²) in [6.07, 6.45) is 4.98. The highest BCUT2D eigenvalue weighted by Gasteiger charge is 2.16. The van der Waals surface area contributed by atoms with E-state index < -0.39 is 10.0 Å². The highest BCUT2D eigenvalue weighted by Crippen LogP contribution is 2.23. The first kappa shape index (κ1) is 14.7. The van der Waals surface area contributed by atoms with Crippen molar-refractivity contribution in [2.45, 2.75) is 18.1 Å². The predicted molar refractivity (Wildman–Crippen MR) is 86.0 cm³/mol. The lowest BCUT2D eigenvalue weighted by Crippen LogP contribution is -2.11. The van der Waals surface area contributed by atoms with Crippen LogP contribution in [0.4, 0.5) is 5.69 Å². The molecule has 1 N–H and O–H groups in total. The summed E-state index contributed by atoms with van der Waals surface area (Å²) >= 11 is 1.23. The lowest BCUT2D eigenvalue weighted by atomic mass is 10.4. The van der Waals surface area contributed by atoms with Crippen LogP contribution in [0.25, 0.3) is 5.82 Å². The third-order valence-corrected chi connectivity index (χ3v) is 5.93. The first-order valence-electron chi connectivity index (χ1n) is 6.51. The summed E-state index contributed by atoms with van der Waals surface area (Å²) in [5.74, 6) is 1.50. The molecule has 0 saturated carbocycles. The van der Waals surface area contributed by atoms with Crippen LogP contribution >= 0.6 is 11.3 Å². The molecule has 22 heavy (non-hydrogen) atoms. The molecule has 0 radical (unpaired) electrons. The van der Waals surface area contributed by atoms with Gasteiger partial charge in [-0.15, -0.1) is 11.3 Å². The summed E-state index contributed by atoms with van der Waals surface area (Å²) in [5.41, 5.74) is 0.424. The van der Waals surface area contributed by atoms with Gasteiger partial charge in [-0.3, -0.25) is 9.29 Å². The zero-order chi connectivity index (χ0) is 15.7. The van der Waals surface area contributed by atoms with E-state index in [0.717, 1.165) is 10.7 Å². The molecule has 0 aromatic carbocycles. The number of imidazole rings is 1. The standard InChI is InChI=1S/C14H14N4O2S2/c1-10-3-6-14(21-10)22(19,20)17-12-4-5-13(16-9-12)18-8-7-15-11(18)2/h3-9,17H,1-2H3. The second kappa shape index (κ2) is 5.54. The van der Waals surface area contributed by atoms with E-state index in [1.54, 1.807) is 36.7 Å². The Kier molecular flexibility index (Phi) is 3.71. The molecule has 0 unspecified atom stereocenters. The fraction of sp³-hybridized carbons (Fsp3) is 0.143. The maximum absolute atomic E-state index is 12.2. The third kappa shape index (κ3) is 2.88. The molecule has 8 heteroatoms. The molecule has 3 heterocycles. The van der Waals surface area contributed by atoms with Crippen molar-refractivity contribution in [1.82, 2.24) is 14.5 Å². The molecule has 0 saturated heterocycles. The van der Waals surface area contributed by atoms with Crippen molar-refractivity contribution in [3.05, 3.63) is 53.6 Å². The van der Waals surface area contributed by atoms with Gasteiger partial charge in [-0.25, -0.2) is 18.4 Å². The highest BCUT2D eigenvalue weighted by molar-refractivity contribution is 7.94. The normalized spacial score (nSPS) is 11.5. The minimum absolute atomic E-state index is 0.291. The second-order valence-electron chi connectivity index (χ2n) is 4.72. The predicted octanol–water partition coefficient (Wildman–Crippen LogP) is 2.75. The van der Waals surface area contributed by atoms with Gasteiger partial charge in [-0.1, -0.05) is 0 Å². The maximum atomic E-state index is 12.2. The van der Waals surface area contributed by atoms with E-state index in [1.165, 1.54) is 17.5 Å². The van der Waals surface area contributed by atoms with Crippen LogP contribution in [-0.4, -0.2) is 23.0 Å². The first-order valence-corrected chi connectivity index (χ1v) is 8.81. The number of hydrogen-bond donors (Lipinski definition) is 1. The number of thiophene rings is 1. The molecule has 0 spiro atoms. The number of sulfonamides is 1. The number of rotatable bonds is 4. The van der Waals surface area contributed by atoms with Crippen LogP contribution < -0.4 is 4.72 Å². The van der Waals surface area contributed by atoms with Crippen LogP contribution in [0.2, 0.25) is 0 Å².